The van der Waals surface area contributed by atoms with Crippen molar-refractivity contribution in [1.82, 2.24) is 4.98 Å². The minimum Gasteiger partial charge on any atom is -0.437 e. The largest absolute Gasteiger partial charge is 0.437 e. The van der Waals surface area contributed by atoms with E-state index in [1.54, 1.807) is 0 Å². The van der Waals surface area contributed by atoms with Gasteiger partial charge in [-0.15, -0.1) is 0 Å². The van der Waals surface area contributed by atoms with E-state index in [9.17, 15) is 0 Å². The Labute approximate surface area is 374 Å². The molecule has 2 aliphatic rings. The molecule has 2 unspecified atom stereocenters. The maximum absolute atomic E-state index is 7.21. The van der Waals surface area contributed by atoms with Gasteiger partial charge in [-0.1, -0.05) is 114 Å². The molecule has 4 aromatic carbocycles. The Bertz CT molecular complexity index is 3140. The lowest BCUT2D eigenvalue weighted by molar-refractivity contribution is -0.720. The van der Waals surface area contributed by atoms with Crippen molar-refractivity contribution < 1.29 is 13.6 Å². The van der Waals surface area contributed by atoms with Crippen LogP contribution in [0.3, 0.4) is 0 Å². The Morgan fingerprint density at radius 2 is 1.46 bits per heavy atom. The molecule has 0 radical (unpaired) electrons. The molecule has 6 heterocycles. The quantitative estimate of drug-likeness (QED) is 0.157. The average molecular weight is 828 g/mol. The van der Waals surface area contributed by atoms with E-state index >= 15 is 0 Å². The van der Waals surface area contributed by atoms with E-state index in [1.165, 1.54) is 78.0 Å². The summed E-state index contributed by atoms with van der Waals surface area (Å²) in [6.07, 6.45) is 7.66. The number of hydrogen-bond acceptors (Lipinski definition) is 2. The van der Waals surface area contributed by atoms with Crippen molar-refractivity contribution in [2.45, 2.75) is 112 Å². The van der Waals surface area contributed by atoms with Crippen molar-refractivity contribution in [3.05, 3.63) is 166 Å². The third kappa shape index (κ3) is 6.76. The van der Waals surface area contributed by atoms with E-state index in [2.05, 4.69) is 188 Å². The second kappa shape index (κ2) is 15.6. The van der Waals surface area contributed by atoms with Gasteiger partial charge in [-0.3, -0.25) is 0 Å². The summed E-state index contributed by atoms with van der Waals surface area (Å²) in [7, 11) is 0. The number of rotatable bonds is 6. The topological polar surface area (TPSA) is 33.8 Å². The summed E-state index contributed by atoms with van der Waals surface area (Å²) in [6.45, 7) is 27.9. The maximum atomic E-state index is 7.21. The zero-order valence-corrected chi connectivity index (χ0v) is 38.9. The first-order chi connectivity index (χ1) is 30.3. The van der Waals surface area contributed by atoms with Crippen molar-refractivity contribution in [2.24, 2.45) is 5.92 Å². The monoisotopic (exact) mass is 827 g/mol. The number of furan rings is 1. The first-order valence-corrected chi connectivity index (χ1v) is 23.2. The maximum Gasteiger partial charge on any atom is 0.227 e. The van der Waals surface area contributed by atoms with Crippen LogP contribution >= 0.6 is 0 Å². The third-order valence-electron chi connectivity index (χ3n) is 14.2. The molecular formula is C59H61N3O+2. The van der Waals surface area contributed by atoms with Crippen LogP contribution in [0, 0.1) is 33.6 Å². The molecule has 0 spiro atoms. The van der Waals surface area contributed by atoms with E-state index in [0.717, 1.165) is 58.3 Å². The number of allylic oxidation sites excluding steroid dienone is 1. The van der Waals surface area contributed by atoms with Crippen molar-refractivity contribution in [3.8, 4) is 44.9 Å². The summed E-state index contributed by atoms with van der Waals surface area (Å²) in [4.78, 5) is 5.49. The first-order valence-electron chi connectivity index (χ1n) is 23.2. The fourth-order valence-electron chi connectivity index (χ4n) is 11.0. The van der Waals surface area contributed by atoms with E-state index in [0.29, 0.717) is 17.5 Å². The molecule has 0 aliphatic carbocycles. The molecule has 0 amide bonds. The molecule has 4 heteroatoms. The van der Waals surface area contributed by atoms with Crippen molar-refractivity contribution in [1.29, 1.82) is 0 Å². The van der Waals surface area contributed by atoms with E-state index < -0.39 is 0 Å². The van der Waals surface area contributed by atoms with Crippen LogP contribution in [0.4, 0.5) is 0 Å². The van der Waals surface area contributed by atoms with Gasteiger partial charge in [-0.05, 0) is 128 Å². The number of hydrogen-bond donors (Lipinski definition) is 0. The number of benzene rings is 4. The first kappa shape index (κ1) is 40.9. The highest BCUT2D eigenvalue weighted by Crippen LogP contribution is 2.48. The molecule has 4 nitrogen and oxygen atoms in total. The van der Waals surface area contributed by atoms with Gasteiger partial charge in [0.05, 0.1) is 16.8 Å². The van der Waals surface area contributed by atoms with E-state index in [1.807, 2.05) is 0 Å². The normalized spacial score (nSPS) is 15.9. The number of aryl methyl sites for hydroxylation is 5. The van der Waals surface area contributed by atoms with Crippen molar-refractivity contribution in [3.63, 3.8) is 0 Å². The standard InChI is InChI=1S/C59H61N3O/c1-33(2)27-43-32-61-40(11)55-49-28-36(7)17-20-46(49)52-29-37(8)39(10)31-62(52)51(55)26-19-42-18-21-47-48-24-25-50(60-59(48)63-58(47)56(42)53(61)30-38(43)9)57-44(34(3)4)22-23-45(54(57)35(5)6)41-15-13-12-14-16-41/h12-18,20-25,28-35,51,55H,11,19,26-27H2,1-10H3/q+2. The second-order valence-electron chi connectivity index (χ2n) is 19.7. The predicted molar refractivity (Wildman–Crippen MR) is 261 cm³/mol. The Balaban J connectivity index is 1.22. The number of nitrogens with zero attached hydrogens (tertiary/aromatic N) is 3. The molecule has 10 rings (SSSR count). The van der Waals surface area contributed by atoms with E-state index in [4.69, 9.17) is 16.0 Å². The third-order valence-corrected chi connectivity index (χ3v) is 14.2. The molecule has 63 heavy (non-hydrogen) atoms. The van der Waals surface area contributed by atoms with Gasteiger partial charge in [-0.2, -0.15) is 9.13 Å². The summed E-state index contributed by atoms with van der Waals surface area (Å²) >= 11 is 0. The molecule has 316 valence electrons. The molecule has 0 fully saturated rings. The molecule has 0 bridgehead atoms. The molecule has 0 N–H and O–H groups in total. The summed E-state index contributed by atoms with van der Waals surface area (Å²) in [6, 6.07) is 36.6. The SMILES string of the molecule is C=C1C2c3cc(C)ccc3-c3cc(C)c(C)c[n+]3C2CCc2ccc3c(oc4nc(-c5c(C(C)C)ccc(-c6ccccc6)c5C(C)C)ccc43)c2-c2cc(C)c(CC(C)C)c[n+]21. The highest BCUT2D eigenvalue weighted by Gasteiger charge is 2.47. The predicted octanol–water partition coefficient (Wildman–Crippen LogP) is 14.7. The van der Waals surface area contributed by atoms with Gasteiger partial charge in [0.15, 0.2) is 29.7 Å². The number of aromatic nitrogens is 3. The van der Waals surface area contributed by atoms with Gasteiger partial charge in [0.2, 0.25) is 17.1 Å². The van der Waals surface area contributed by atoms with Crippen LogP contribution in [-0.2, 0) is 12.8 Å². The van der Waals surface area contributed by atoms with E-state index in [-0.39, 0.29) is 17.9 Å². The van der Waals surface area contributed by atoms with Gasteiger partial charge in [0.1, 0.15) is 5.92 Å². The molecule has 8 aromatic rings. The van der Waals surface area contributed by atoms with Crippen molar-refractivity contribution >= 4 is 27.8 Å². The van der Waals surface area contributed by atoms with Crippen LogP contribution in [0.1, 0.15) is 122 Å². The van der Waals surface area contributed by atoms with Gasteiger partial charge in [0, 0.05) is 46.0 Å². The minimum atomic E-state index is 0.0690. The zero-order valence-electron chi connectivity index (χ0n) is 38.9. The van der Waals surface area contributed by atoms with Crippen LogP contribution < -0.4 is 9.13 Å². The average Bonchev–Trinajstić information content (AvgIpc) is 3.65. The van der Waals surface area contributed by atoms with Crippen LogP contribution in [0.2, 0.25) is 0 Å². The molecule has 4 aromatic heterocycles. The molecular weight excluding hydrogens is 767 g/mol. The molecule has 0 saturated heterocycles. The zero-order chi connectivity index (χ0) is 44.0. The molecule has 2 atom stereocenters. The van der Waals surface area contributed by atoms with Gasteiger partial charge < -0.3 is 4.42 Å². The lowest BCUT2D eigenvalue weighted by Gasteiger charge is -2.30. The summed E-state index contributed by atoms with van der Waals surface area (Å²) < 4.78 is 12.2. The lowest BCUT2D eigenvalue weighted by atomic mass is 9.78. The summed E-state index contributed by atoms with van der Waals surface area (Å²) in [5.41, 5.74) is 24.1. The van der Waals surface area contributed by atoms with Crippen LogP contribution in [-0.4, -0.2) is 4.98 Å². The molecule has 0 saturated carbocycles. The van der Waals surface area contributed by atoms with Gasteiger partial charge in [-0.25, -0.2) is 4.98 Å². The van der Waals surface area contributed by atoms with Crippen LogP contribution in [0.25, 0.3) is 72.7 Å². The minimum absolute atomic E-state index is 0.0690. The Morgan fingerprint density at radius 1 is 0.714 bits per heavy atom. The van der Waals surface area contributed by atoms with Crippen LogP contribution in [0.15, 0.2) is 120 Å². The Morgan fingerprint density at radius 3 is 2.21 bits per heavy atom. The Hall–Kier alpha value is -6.13. The lowest BCUT2D eigenvalue weighted by Crippen LogP contribution is -2.51. The highest BCUT2D eigenvalue weighted by atomic mass is 16.3. The smallest absolute Gasteiger partial charge is 0.227 e. The summed E-state index contributed by atoms with van der Waals surface area (Å²) in [5.74, 6) is 1.19. The summed E-state index contributed by atoms with van der Waals surface area (Å²) in [5, 5.41) is 2.14. The second-order valence-corrected chi connectivity index (χ2v) is 19.7. The fourth-order valence-corrected chi connectivity index (χ4v) is 11.0. The van der Waals surface area contributed by atoms with Gasteiger partial charge in [0.25, 0.3) is 0 Å². The highest BCUT2D eigenvalue weighted by molar-refractivity contribution is 6.09. The Kier molecular flexibility index (Phi) is 10.1. The number of fused-ring (bicyclic) bond motifs is 13. The number of pyridine rings is 3. The van der Waals surface area contributed by atoms with Gasteiger partial charge >= 0.3 is 0 Å². The van der Waals surface area contributed by atoms with Crippen LogP contribution in [0.5, 0.6) is 0 Å². The van der Waals surface area contributed by atoms with Crippen molar-refractivity contribution in [2.75, 3.05) is 0 Å². The fraction of sp³-hybridized carbons (Fsp3) is 0.305. The molecule has 2 aliphatic heterocycles.